The molecule has 1 aliphatic heterocycles. The first-order valence-corrected chi connectivity index (χ1v) is 10.3. The molecule has 1 fully saturated rings. The van der Waals surface area contributed by atoms with Gasteiger partial charge in [-0.2, -0.15) is 5.10 Å². The van der Waals surface area contributed by atoms with Gasteiger partial charge in [0.05, 0.1) is 17.6 Å². The number of nitrogens with one attached hydrogen (secondary N) is 3. The number of hydrogen-bond acceptors (Lipinski definition) is 7. The van der Waals surface area contributed by atoms with Crippen molar-refractivity contribution in [2.24, 2.45) is 0 Å². The first kappa shape index (κ1) is 19.0. The molecule has 0 spiro atoms. The third-order valence-corrected chi connectivity index (χ3v) is 5.40. The molecule has 4 aromatic rings. The van der Waals surface area contributed by atoms with Crippen molar-refractivity contribution < 1.29 is 4.79 Å². The van der Waals surface area contributed by atoms with Crippen LogP contribution in [-0.2, 0) is 4.79 Å². The van der Waals surface area contributed by atoms with Crippen molar-refractivity contribution in [3.63, 3.8) is 0 Å². The van der Waals surface area contributed by atoms with Crippen molar-refractivity contribution in [1.82, 2.24) is 35.0 Å². The number of piperidine rings is 1. The summed E-state index contributed by atoms with van der Waals surface area (Å²) in [4.78, 5) is 30.6. The van der Waals surface area contributed by atoms with Crippen molar-refractivity contribution in [1.29, 1.82) is 0 Å². The highest BCUT2D eigenvalue weighted by Gasteiger charge is 2.23. The number of carbonyl (C=O) groups is 1. The summed E-state index contributed by atoms with van der Waals surface area (Å²) in [7, 11) is 0. The summed E-state index contributed by atoms with van der Waals surface area (Å²) < 4.78 is 1.68. The zero-order valence-corrected chi connectivity index (χ0v) is 16.9. The molecule has 0 unspecified atom stereocenters. The normalized spacial score (nSPS) is 16.4. The molecule has 1 amide bonds. The van der Waals surface area contributed by atoms with E-state index in [0.717, 1.165) is 54.2 Å². The van der Waals surface area contributed by atoms with Gasteiger partial charge >= 0.3 is 0 Å². The molecule has 3 N–H and O–H groups in total. The van der Waals surface area contributed by atoms with E-state index in [9.17, 15) is 4.79 Å². The first-order valence-electron chi connectivity index (χ1n) is 10.3. The average Bonchev–Trinajstić information content (AvgIpc) is 3.50. The molecule has 10 nitrogen and oxygen atoms in total. The zero-order chi connectivity index (χ0) is 21.0. The SMILES string of the molecule is O=C(CNc1cccc(-n2cncn2)c1)N[C@@H]1CCCN(c2ncnc3[nH]ccc23)C1. The molecule has 3 aromatic heterocycles. The molecule has 1 aromatic carbocycles. The smallest absolute Gasteiger partial charge is 0.239 e. The average molecular weight is 417 g/mol. The quantitative estimate of drug-likeness (QED) is 0.437. The predicted octanol–water partition coefficient (Wildman–Crippen LogP) is 1.74. The van der Waals surface area contributed by atoms with E-state index < -0.39 is 0 Å². The van der Waals surface area contributed by atoms with Crippen LogP contribution in [0.15, 0.2) is 55.5 Å². The van der Waals surface area contributed by atoms with Gasteiger partial charge in [0.1, 0.15) is 30.4 Å². The van der Waals surface area contributed by atoms with Gasteiger partial charge in [-0.15, -0.1) is 0 Å². The molecular formula is C21H23N9O. The molecule has 4 heterocycles. The van der Waals surface area contributed by atoms with Crippen LogP contribution < -0.4 is 15.5 Å². The lowest BCUT2D eigenvalue weighted by molar-refractivity contribution is -0.120. The Balaban J connectivity index is 1.18. The van der Waals surface area contributed by atoms with Gasteiger partial charge in [-0.25, -0.2) is 19.6 Å². The third-order valence-electron chi connectivity index (χ3n) is 5.40. The lowest BCUT2D eigenvalue weighted by atomic mass is 10.1. The molecule has 1 atom stereocenters. The maximum absolute atomic E-state index is 12.6. The van der Waals surface area contributed by atoms with Crippen LogP contribution in [0.5, 0.6) is 0 Å². The predicted molar refractivity (Wildman–Crippen MR) is 117 cm³/mol. The first-order chi connectivity index (χ1) is 15.3. The van der Waals surface area contributed by atoms with Crippen LogP contribution in [0.3, 0.4) is 0 Å². The van der Waals surface area contributed by atoms with Gasteiger partial charge in [-0.1, -0.05) is 6.07 Å². The van der Waals surface area contributed by atoms with E-state index >= 15 is 0 Å². The number of anilines is 2. The lowest BCUT2D eigenvalue weighted by Gasteiger charge is -2.34. The summed E-state index contributed by atoms with van der Waals surface area (Å²) in [5.74, 6) is 0.876. The molecule has 31 heavy (non-hydrogen) atoms. The Hall–Kier alpha value is -3.95. The van der Waals surface area contributed by atoms with Crippen molar-refractivity contribution >= 4 is 28.4 Å². The number of H-pyrrole nitrogens is 1. The highest BCUT2D eigenvalue weighted by atomic mass is 16.2. The van der Waals surface area contributed by atoms with E-state index in [2.05, 4.69) is 40.6 Å². The molecule has 0 saturated carbocycles. The van der Waals surface area contributed by atoms with Crippen LogP contribution >= 0.6 is 0 Å². The summed E-state index contributed by atoms with van der Waals surface area (Å²) in [6.07, 6.45) is 8.52. The standard InChI is InChI=1S/C21H23N9O/c31-19(10-24-15-3-1-5-17(9-15)30-14-22-12-27-30)28-16-4-2-8-29(11-16)21-18-6-7-23-20(18)25-13-26-21/h1,3,5-7,9,12-14,16,24H,2,4,8,10-11H2,(H,28,31)(H,23,25,26)/t16-/m1/s1. The van der Waals surface area contributed by atoms with Crippen LogP contribution in [0.2, 0.25) is 0 Å². The second-order valence-corrected chi connectivity index (χ2v) is 7.53. The number of aromatic amines is 1. The fourth-order valence-electron chi connectivity index (χ4n) is 3.96. The Morgan fingerprint density at radius 2 is 2.19 bits per heavy atom. The fourth-order valence-corrected chi connectivity index (χ4v) is 3.96. The lowest BCUT2D eigenvalue weighted by Crippen LogP contribution is -2.49. The summed E-state index contributed by atoms with van der Waals surface area (Å²) in [6, 6.07) is 9.78. The van der Waals surface area contributed by atoms with Gasteiger partial charge in [-0.3, -0.25) is 4.79 Å². The minimum Gasteiger partial charge on any atom is -0.376 e. The van der Waals surface area contributed by atoms with Gasteiger partial charge in [-0.05, 0) is 37.1 Å². The highest BCUT2D eigenvalue weighted by Crippen LogP contribution is 2.25. The van der Waals surface area contributed by atoms with E-state index in [1.807, 2.05) is 36.5 Å². The van der Waals surface area contributed by atoms with Gasteiger partial charge in [0.15, 0.2) is 0 Å². The Morgan fingerprint density at radius 1 is 1.23 bits per heavy atom. The summed E-state index contributed by atoms with van der Waals surface area (Å²) in [6.45, 7) is 1.84. The van der Waals surface area contributed by atoms with Crippen molar-refractivity contribution in [2.45, 2.75) is 18.9 Å². The molecule has 5 rings (SSSR count). The second kappa shape index (κ2) is 8.42. The number of aromatic nitrogens is 6. The molecular weight excluding hydrogens is 394 g/mol. The Labute approximate surface area is 178 Å². The van der Waals surface area contributed by atoms with Crippen molar-refractivity contribution in [2.75, 3.05) is 29.9 Å². The van der Waals surface area contributed by atoms with Gasteiger partial charge in [0, 0.05) is 31.0 Å². The van der Waals surface area contributed by atoms with Crippen LogP contribution in [0.4, 0.5) is 11.5 Å². The van der Waals surface area contributed by atoms with E-state index in [4.69, 9.17) is 0 Å². The van der Waals surface area contributed by atoms with E-state index in [-0.39, 0.29) is 18.5 Å². The Bertz CT molecular complexity index is 1170. The number of fused-ring (bicyclic) bond motifs is 1. The fraction of sp³-hybridized carbons (Fsp3) is 0.286. The summed E-state index contributed by atoms with van der Waals surface area (Å²) in [5.41, 5.74) is 2.56. The van der Waals surface area contributed by atoms with Crippen LogP contribution in [0.1, 0.15) is 12.8 Å². The van der Waals surface area contributed by atoms with E-state index in [1.54, 1.807) is 17.3 Å². The van der Waals surface area contributed by atoms with Crippen molar-refractivity contribution in [3.8, 4) is 5.69 Å². The number of rotatable bonds is 6. The van der Waals surface area contributed by atoms with Gasteiger partial charge in [0.25, 0.3) is 0 Å². The van der Waals surface area contributed by atoms with Crippen LogP contribution in [-0.4, -0.2) is 61.3 Å². The van der Waals surface area contributed by atoms with Crippen molar-refractivity contribution in [3.05, 3.63) is 55.5 Å². The van der Waals surface area contributed by atoms with Crippen LogP contribution in [0.25, 0.3) is 16.7 Å². The van der Waals surface area contributed by atoms with E-state index in [0.29, 0.717) is 0 Å². The number of hydrogen-bond donors (Lipinski definition) is 3. The topological polar surface area (TPSA) is 117 Å². The summed E-state index contributed by atoms with van der Waals surface area (Å²) >= 11 is 0. The number of benzene rings is 1. The molecule has 0 radical (unpaired) electrons. The largest absolute Gasteiger partial charge is 0.376 e. The Morgan fingerprint density at radius 3 is 3.10 bits per heavy atom. The molecule has 158 valence electrons. The Kier molecular flexibility index (Phi) is 5.17. The third kappa shape index (κ3) is 4.18. The minimum atomic E-state index is -0.0347. The number of carbonyl (C=O) groups excluding carboxylic acids is 1. The monoisotopic (exact) mass is 417 g/mol. The van der Waals surface area contributed by atoms with Gasteiger partial charge < -0.3 is 20.5 Å². The molecule has 0 aliphatic carbocycles. The van der Waals surface area contributed by atoms with Crippen LogP contribution in [0, 0.1) is 0 Å². The summed E-state index contributed by atoms with van der Waals surface area (Å²) in [5, 5.41) is 11.5. The maximum atomic E-state index is 12.6. The minimum absolute atomic E-state index is 0.0347. The maximum Gasteiger partial charge on any atom is 0.239 e. The number of nitrogens with zero attached hydrogens (tertiary/aromatic N) is 6. The molecule has 1 saturated heterocycles. The molecule has 1 aliphatic rings. The zero-order valence-electron chi connectivity index (χ0n) is 16.9. The van der Waals surface area contributed by atoms with E-state index in [1.165, 1.54) is 6.33 Å². The highest BCUT2D eigenvalue weighted by molar-refractivity contribution is 5.87. The van der Waals surface area contributed by atoms with Gasteiger partial charge in [0.2, 0.25) is 5.91 Å². The second-order valence-electron chi connectivity index (χ2n) is 7.53. The molecule has 0 bridgehead atoms. The molecule has 10 heteroatoms. The number of amides is 1.